The Morgan fingerprint density at radius 1 is 1.41 bits per heavy atom. The highest BCUT2D eigenvalue weighted by molar-refractivity contribution is 5.80. The second kappa shape index (κ2) is 6.35. The minimum absolute atomic E-state index is 0.234. The van der Waals surface area contributed by atoms with Gasteiger partial charge >= 0.3 is 0 Å². The van der Waals surface area contributed by atoms with Crippen molar-refractivity contribution < 1.29 is 4.79 Å². The van der Waals surface area contributed by atoms with E-state index in [0.717, 1.165) is 38.9 Å². The summed E-state index contributed by atoms with van der Waals surface area (Å²) in [5, 5.41) is 6.28. The average Bonchev–Trinajstić information content (AvgIpc) is 3.19. The summed E-state index contributed by atoms with van der Waals surface area (Å²) in [6, 6.07) is 3.99. The minimum Gasteiger partial charge on any atom is -0.356 e. The lowest BCUT2D eigenvalue weighted by Gasteiger charge is -2.06. The average molecular weight is 233 g/mol. The predicted octanol–water partition coefficient (Wildman–Crippen LogP) is 1.09. The maximum atomic E-state index is 11.3. The molecule has 92 valence electrons. The first-order chi connectivity index (χ1) is 8.36. The summed E-state index contributed by atoms with van der Waals surface area (Å²) >= 11 is 0. The zero-order chi connectivity index (χ0) is 11.9. The molecule has 0 saturated heterocycles. The van der Waals surface area contributed by atoms with Crippen molar-refractivity contribution in [3.05, 3.63) is 30.1 Å². The number of carbonyl (C=O) groups excluding carboxylic acids is 1. The van der Waals surface area contributed by atoms with Crippen LogP contribution >= 0.6 is 0 Å². The quantitative estimate of drug-likeness (QED) is 0.693. The first-order valence-corrected chi connectivity index (χ1v) is 6.23. The van der Waals surface area contributed by atoms with E-state index in [1.54, 1.807) is 6.20 Å². The minimum atomic E-state index is 0.234. The third-order valence-electron chi connectivity index (χ3n) is 2.83. The van der Waals surface area contributed by atoms with Crippen LogP contribution in [0.1, 0.15) is 24.8 Å². The second-order valence-electron chi connectivity index (χ2n) is 4.46. The molecule has 2 N–H and O–H groups in total. The molecule has 1 amide bonds. The van der Waals surface area contributed by atoms with E-state index < -0.39 is 0 Å². The molecule has 1 aliphatic rings. The molecule has 2 rings (SSSR count). The van der Waals surface area contributed by atoms with Gasteiger partial charge in [-0.2, -0.15) is 0 Å². The van der Waals surface area contributed by atoms with Crippen molar-refractivity contribution in [2.45, 2.75) is 25.8 Å². The third-order valence-corrected chi connectivity index (χ3v) is 2.83. The zero-order valence-electron chi connectivity index (χ0n) is 9.98. The SMILES string of the molecule is O=C(NCCCNCc1cccnc1)C1CC1. The number of pyridine rings is 1. The van der Waals surface area contributed by atoms with Crippen LogP contribution in [0.15, 0.2) is 24.5 Å². The molecular weight excluding hydrogens is 214 g/mol. The summed E-state index contributed by atoms with van der Waals surface area (Å²) in [4.78, 5) is 15.4. The number of aromatic nitrogens is 1. The van der Waals surface area contributed by atoms with Crippen LogP contribution in [-0.4, -0.2) is 24.0 Å². The number of nitrogens with zero attached hydrogens (tertiary/aromatic N) is 1. The molecule has 1 heterocycles. The van der Waals surface area contributed by atoms with Crippen LogP contribution in [0.2, 0.25) is 0 Å². The van der Waals surface area contributed by atoms with Gasteiger partial charge in [-0.1, -0.05) is 6.07 Å². The van der Waals surface area contributed by atoms with E-state index in [0.29, 0.717) is 5.92 Å². The predicted molar refractivity (Wildman–Crippen MR) is 66.3 cm³/mol. The van der Waals surface area contributed by atoms with Crippen LogP contribution in [0.4, 0.5) is 0 Å². The van der Waals surface area contributed by atoms with Gasteiger partial charge in [0.15, 0.2) is 0 Å². The molecular formula is C13H19N3O. The molecule has 0 aliphatic heterocycles. The van der Waals surface area contributed by atoms with Crippen molar-refractivity contribution in [2.24, 2.45) is 5.92 Å². The Bertz CT molecular complexity index is 349. The lowest BCUT2D eigenvalue weighted by Crippen LogP contribution is -2.28. The molecule has 1 saturated carbocycles. The summed E-state index contributed by atoms with van der Waals surface area (Å²) < 4.78 is 0. The maximum absolute atomic E-state index is 11.3. The number of hydrogen-bond acceptors (Lipinski definition) is 3. The highest BCUT2D eigenvalue weighted by Gasteiger charge is 2.28. The monoisotopic (exact) mass is 233 g/mol. The summed E-state index contributed by atoms with van der Waals surface area (Å²) in [7, 11) is 0. The van der Waals surface area contributed by atoms with Crippen LogP contribution in [0.3, 0.4) is 0 Å². The number of amides is 1. The van der Waals surface area contributed by atoms with Crippen molar-refractivity contribution in [1.82, 2.24) is 15.6 Å². The second-order valence-corrected chi connectivity index (χ2v) is 4.46. The summed E-state index contributed by atoms with van der Waals surface area (Å²) in [5.41, 5.74) is 1.19. The van der Waals surface area contributed by atoms with E-state index in [1.807, 2.05) is 12.3 Å². The van der Waals surface area contributed by atoms with E-state index in [1.165, 1.54) is 5.56 Å². The Labute approximate surface area is 102 Å². The van der Waals surface area contributed by atoms with Crippen LogP contribution in [0.25, 0.3) is 0 Å². The molecule has 0 aromatic carbocycles. The molecule has 1 fully saturated rings. The van der Waals surface area contributed by atoms with E-state index in [2.05, 4.69) is 21.7 Å². The maximum Gasteiger partial charge on any atom is 0.223 e. The standard InChI is InChI=1S/C13H19N3O/c17-13(12-4-5-12)16-8-2-7-15-10-11-3-1-6-14-9-11/h1,3,6,9,12,15H,2,4-5,7-8,10H2,(H,16,17). The fourth-order valence-corrected chi connectivity index (χ4v) is 1.65. The summed E-state index contributed by atoms with van der Waals surface area (Å²) in [5.74, 6) is 0.551. The van der Waals surface area contributed by atoms with Crippen LogP contribution in [0, 0.1) is 5.92 Å². The molecule has 0 unspecified atom stereocenters. The van der Waals surface area contributed by atoms with E-state index in [9.17, 15) is 4.79 Å². The highest BCUT2D eigenvalue weighted by Crippen LogP contribution is 2.28. The lowest BCUT2D eigenvalue weighted by molar-refractivity contribution is -0.122. The van der Waals surface area contributed by atoms with Gasteiger partial charge in [-0.05, 0) is 37.4 Å². The Kier molecular flexibility index (Phi) is 4.50. The molecule has 4 heteroatoms. The number of carbonyl (C=O) groups is 1. The first kappa shape index (κ1) is 12.0. The largest absolute Gasteiger partial charge is 0.356 e. The Hall–Kier alpha value is -1.42. The fraction of sp³-hybridized carbons (Fsp3) is 0.538. The van der Waals surface area contributed by atoms with E-state index in [4.69, 9.17) is 0 Å². The smallest absolute Gasteiger partial charge is 0.223 e. The van der Waals surface area contributed by atoms with Crippen molar-refractivity contribution in [1.29, 1.82) is 0 Å². The van der Waals surface area contributed by atoms with Crippen molar-refractivity contribution in [3.8, 4) is 0 Å². The van der Waals surface area contributed by atoms with Gasteiger partial charge in [0.2, 0.25) is 5.91 Å². The summed E-state index contributed by atoms with van der Waals surface area (Å²) in [6.07, 6.45) is 6.76. The molecule has 0 bridgehead atoms. The molecule has 1 aromatic heterocycles. The molecule has 0 radical (unpaired) electrons. The van der Waals surface area contributed by atoms with Gasteiger partial charge in [0.1, 0.15) is 0 Å². The Morgan fingerprint density at radius 3 is 3.00 bits per heavy atom. The van der Waals surface area contributed by atoms with Gasteiger partial charge in [0.05, 0.1) is 0 Å². The number of rotatable bonds is 7. The fourth-order valence-electron chi connectivity index (χ4n) is 1.65. The van der Waals surface area contributed by atoms with E-state index in [-0.39, 0.29) is 5.91 Å². The van der Waals surface area contributed by atoms with Gasteiger partial charge in [-0.25, -0.2) is 0 Å². The molecule has 0 spiro atoms. The van der Waals surface area contributed by atoms with Gasteiger partial charge in [0, 0.05) is 31.4 Å². The molecule has 1 aromatic rings. The first-order valence-electron chi connectivity index (χ1n) is 6.23. The topological polar surface area (TPSA) is 54.0 Å². The Balaban J connectivity index is 1.47. The number of hydrogen-bond donors (Lipinski definition) is 2. The zero-order valence-corrected chi connectivity index (χ0v) is 9.98. The van der Waals surface area contributed by atoms with Crippen molar-refractivity contribution in [3.63, 3.8) is 0 Å². The lowest BCUT2D eigenvalue weighted by atomic mass is 10.3. The van der Waals surface area contributed by atoms with Gasteiger partial charge < -0.3 is 10.6 Å². The van der Waals surface area contributed by atoms with Crippen molar-refractivity contribution in [2.75, 3.05) is 13.1 Å². The molecule has 1 aliphatic carbocycles. The van der Waals surface area contributed by atoms with Gasteiger partial charge in [-0.3, -0.25) is 9.78 Å². The molecule has 0 atom stereocenters. The molecule has 17 heavy (non-hydrogen) atoms. The number of nitrogens with one attached hydrogen (secondary N) is 2. The van der Waals surface area contributed by atoms with Crippen LogP contribution < -0.4 is 10.6 Å². The van der Waals surface area contributed by atoms with Crippen molar-refractivity contribution >= 4 is 5.91 Å². The van der Waals surface area contributed by atoms with Crippen LogP contribution in [-0.2, 0) is 11.3 Å². The molecule has 4 nitrogen and oxygen atoms in total. The van der Waals surface area contributed by atoms with Gasteiger partial charge in [-0.15, -0.1) is 0 Å². The van der Waals surface area contributed by atoms with Gasteiger partial charge in [0.25, 0.3) is 0 Å². The third kappa shape index (κ3) is 4.53. The normalized spacial score (nSPS) is 14.6. The summed E-state index contributed by atoms with van der Waals surface area (Å²) in [6.45, 7) is 2.53. The highest BCUT2D eigenvalue weighted by atomic mass is 16.2. The van der Waals surface area contributed by atoms with E-state index >= 15 is 0 Å². The Morgan fingerprint density at radius 2 is 2.29 bits per heavy atom. The van der Waals surface area contributed by atoms with Crippen LogP contribution in [0.5, 0.6) is 0 Å².